The predicted molar refractivity (Wildman–Crippen MR) is 140 cm³/mol. The van der Waals surface area contributed by atoms with Gasteiger partial charge >= 0.3 is 0 Å². The number of anilines is 1. The Bertz CT molecular complexity index is 1100. The molecule has 0 amide bonds. The van der Waals surface area contributed by atoms with Crippen molar-refractivity contribution >= 4 is 11.5 Å². The molecule has 1 unspecified atom stereocenters. The minimum Gasteiger partial charge on any atom is -0.368 e. The minimum atomic E-state index is 0.103. The van der Waals surface area contributed by atoms with Crippen LogP contribution in [0.2, 0.25) is 0 Å². The van der Waals surface area contributed by atoms with Gasteiger partial charge in [-0.1, -0.05) is 50.2 Å². The number of nitriles is 1. The standard InChI is InChI=1S/C30H34N4O/c1-3-24(4-2)29(35)21-23-10-11-28(27(20-23)22-31)33-16-18-34(19-17-33)30(25-8-6-5-7-9-25)26-12-14-32-15-13-26/h5-15,20,24,30H,3-4,16-19,21H2,1-2H3. The van der Waals surface area contributed by atoms with Crippen molar-refractivity contribution < 1.29 is 4.79 Å². The van der Waals surface area contributed by atoms with E-state index < -0.39 is 0 Å². The van der Waals surface area contributed by atoms with Crippen molar-refractivity contribution in [3.05, 3.63) is 95.3 Å². The number of carbonyl (C=O) groups excluding carboxylic acids is 1. The summed E-state index contributed by atoms with van der Waals surface area (Å²) in [7, 11) is 0. The van der Waals surface area contributed by atoms with Crippen LogP contribution < -0.4 is 4.90 Å². The number of benzene rings is 2. The van der Waals surface area contributed by atoms with Crippen LogP contribution in [0.25, 0.3) is 0 Å². The van der Waals surface area contributed by atoms with Crippen LogP contribution in [-0.4, -0.2) is 41.8 Å². The maximum absolute atomic E-state index is 12.6. The molecular weight excluding hydrogens is 432 g/mol. The number of pyridine rings is 1. The van der Waals surface area contributed by atoms with Gasteiger partial charge in [0.2, 0.25) is 0 Å². The number of ketones is 1. The van der Waals surface area contributed by atoms with Crippen LogP contribution in [0, 0.1) is 17.2 Å². The molecular formula is C30H34N4O. The molecule has 0 bridgehead atoms. The smallest absolute Gasteiger partial charge is 0.140 e. The van der Waals surface area contributed by atoms with Crippen molar-refractivity contribution in [2.75, 3.05) is 31.1 Å². The summed E-state index contributed by atoms with van der Waals surface area (Å²) in [5, 5.41) is 9.87. The molecule has 5 heteroatoms. The van der Waals surface area contributed by atoms with Gasteiger partial charge < -0.3 is 4.90 Å². The van der Waals surface area contributed by atoms with Gasteiger partial charge in [-0.05, 0) is 53.8 Å². The van der Waals surface area contributed by atoms with Gasteiger partial charge in [0.15, 0.2) is 0 Å². The Balaban J connectivity index is 1.49. The van der Waals surface area contributed by atoms with Gasteiger partial charge in [-0.15, -0.1) is 0 Å². The van der Waals surface area contributed by atoms with Crippen LogP contribution in [-0.2, 0) is 11.2 Å². The summed E-state index contributed by atoms with van der Waals surface area (Å²) in [5.41, 5.74) is 5.07. The molecule has 180 valence electrons. The molecule has 35 heavy (non-hydrogen) atoms. The lowest BCUT2D eigenvalue weighted by molar-refractivity contribution is -0.122. The fourth-order valence-electron chi connectivity index (χ4n) is 5.16. The maximum Gasteiger partial charge on any atom is 0.140 e. The van der Waals surface area contributed by atoms with Gasteiger partial charge in [-0.25, -0.2) is 0 Å². The Kier molecular flexibility index (Phi) is 8.28. The first kappa shape index (κ1) is 24.6. The molecule has 3 aromatic rings. The fourth-order valence-corrected chi connectivity index (χ4v) is 5.16. The average molecular weight is 467 g/mol. The van der Waals surface area contributed by atoms with Gasteiger partial charge in [-0.3, -0.25) is 14.7 Å². The molecule has 1 aromatic heterocycles. The van der Waals surface area contributed by atoms with Gasteiger partial charge in [0.25, 0.3) is 0 Å². The minimum absolute atomic E-state index is 0.103. The Morgan fingerprint density at radius 2 is 1.60 bits per heavy atom. The second-order valence-electron chi connectivity index (χ2n) is 9.24. The van der Waals surface area contributed by atoms with E-state index in [-0.39, 0.29) is 17.7 Å². The van der Waals surface area contributed by atoms with Crippen molar-refractivity contribution in [2.45, 2.75) is 39.2 Å². The molecule has 0 radical (unpaired) electrons. The molecule has 1 fully saturated rings. The van der Waals surface area contributed by atoms with Crippen LogP contribution >= 0.6 is 0 Å². The first-order chi connectivity index (χ1) is 17.1. The van der Waals surface area contributed by atoms with Crippen LogP contribution in [0.5, 0.6) is 0 Å². The van der Waals surface area contributed by atoms with E-state index in [0.29, 0.717) is 12.0 Å². The number of rotatable bonds is 9. The fraction of sp³-hybridized carbons (Fsp3) is 0.367. The second kappa shape index (κ2) is 11.8. The number of piperazine rings is 1. The molecule has 1 aliphatic heterocycles. The summed E-state index contributed by atoms with van der Waals surface area (Å²) >= 11 is 0. The molecule has 4 rings (SSSR count). The van der Waals surface area contributed by atoms with E-state index >= 15 is 0 Å². The van der Waals surface area contributed by atoms with E-state index in [1.165, 1.54) is 11.1 Å². The zero-order chi connectivity index (χ0) is 24.6. The largest absolute Gasteiger partial charge is 0.368 e. The molecule has 2 aromatic carbocycles. The summed E-state index contributed by atoms with van der Waals surface area (Å²) in [4.78, 5) is 21.6. The molecule has 1 saturated heterocycles. The third-order valence-electron chi connectivity index (χ3n) is 7.16. The lowest BCUT2D eigenvalue weighted by Crippen LogP contribution is -2.48. The normalized spacial score (nSPS) is 15.1. The van der Waals surface area contributed by atoms with Crippen molar-refractivity contribution in [2.24, 2.45) is 5.92 Å². The Morgan fingerprint density at radius 3 is 2.23 bits per heavy atom. The summed E-state index contributed by atoms with van der Waals surface area (Å²) in [6.45, 7) is 7.59. The predicted octanol–water partition coefficient (Wildman–Crippen LogP) is 5.41. The Labute approximate surface area is 209 Å². The summed E-state index contributed by atoms with van der Waals surface area (Å²) < 4.78 is 0. The van der Waals surface area contributed by atoms with Crippen molar-refractivity contribution in [3.8, 4) is 6.07 Å². The highest BCUT2D eigenvalue weighted by Crippen LogP contribution is 2.31. The maximum atomic E-state index is 12.6. The highest BCUT2D eigenvalue weighted by Gasteiger charge is 2.27. The Hall–Kier alpha value is -3.49. The lowest BCUT2D eigenvalue weighted by Gasteiger charge is -2.41. The third-order valence-corrected chi connectivity index (χ3v) is 7.16. The SMILES string of the molecule is CCC(CC)C(=O)Cc1ccc(N2CCN(C(c3ccccc3)c3ccncc3)CC2)c(C#N)c1. The van der Waals surface area contributed by atoms with Crippen molar-refractivity contribution in [1.29, 1.82) is 5.26 Å². The molecule has 0 N–H and O–H groups in total. The number of Topliss-reactive ketones (excluding diaryl/α,β-unsaturated/α-hetero) is 1. The zero-order valence-electron chi connectivity index (χ0n) is 20.7. The summed E-state index contributed by atoms with van der Waals surface area (Å²) in [6.07, 6.45) is 5.85. The van der Waals surface area contributed by atoms with E-state index in [9.17, 15) is 10.1 Å². The highest BCUT2D eigenvalue weighted by molar-refractivity contribution is 5.83. The van der Waals surface area contributed by atoms with E-state index in [2.05, 4.69) is 77.2 Å². The molecule has 0 spiro atoms. The van der Waals surface area contributed by atoms with E-state index in [0.717, 1.165) is 50.3 Å². The van der Waals surface area contributed by atoms with Crippen molar-refractivity contribution in [3.63, 3.8) is 0 Å². The van der Waals surface area contributed by atoms with Crippen LogP contribution in [0.15, 0.2) is 73.1 Å². The van der Waals surface area contributed by atoms with Crippen LogP contribution in [0.4, 0.5) is 5.69 Å². The summed E-state index contributed by atoms with van der Waals surface area (Å²) in [6, 6.07) is 23.3. The average Bonchev–Trinajstić information content (AvgIpc) is 2.91. The first-order valence-electron chi connectivity index (χ1n) is 12.6. The number of carbonyl (C=O) groups is 1. The molecule has 1 atom stereocenters. The first-order valence-corrected chi connectivity index (χ1v) is 12.6. The molecule has 0 saturated carbocycles. The molecule has 2 heterocycles. The van der Waals surface area contributed by atoms with Crippen molar-refractivity contribution in [1.82, 2.24) is 9.88 Å². The Morgan fingerprint density at radius 1 is 0.943 bits per heavy atom. The second-order valence-corrected chi connectivity index (χ2v) is 9.24. The molecule has 0 aliphatic carbocycles. The topological polar surface area (TPSA) is 60.2 Å². The molecule has 1 aliphatic rings. The number of aromatic nitrogens is 1. The monoisotopic (exact) mass is 466 g/mol. The van der Waals surface area contributed by atoms with Crippen LogP contribution in [0.3, 0.4) is 0 Å². The number of hydrogen-bond donors (Lipinski definition) is 0. The van der Waals surface area contributed by atoms with Gasteiger partial charge in [0, 0.05) is 50.9 Å². The highest BCUT2D eigenvalue weighted by atomic mass is 16.1. The number of nitrogens with zero attached hydrogens (tertiary/aromatic N) is 4. The van der Waals surface area contributed by atoms with E-state index in [1.54, 1.807) is 0 Å². The summed E-state index contributed by atoms with van der Waals surface area (Å²) in [5.74, 6) is 0.370. The van der Waals surface area contributed by atoms with E-state index in [4.69, 9.17) is 0 Å². The molecule has 5 nitrogen and oxygen atoms in total. The van der Waals surface area contributed by atoms with Gasteiger partial charge in [-0.2, -0.15) is 5.26 Å². The van der Waals surface area contributed by atoms with Crippen LogP contribution in [0.1, 0.15) is 55.0 Å². The van der Waals surface area contributed by atoms with Gasteiger partial charge in [0.1, 0.15) is 11.9 Å². The van der Waals surface area contributed by atoms with E-state index in [1.807, 2.05) is 30.6 Å². The lowest BCUT2D eigenvalue weighted by atomic mass is 9.92. The zero-order valence-corrected chi connectivity index (χ0v) is 20.7. The quantitative estimate of drug-likeness (QED) is 0.422. The third kappa shape index (κ3) is 5.78. The number of hydrogen-bond acceptors (Lipinski definition) is 5. The van der Waals surface area contributed by atoms with Gasteiger partial charge in [0.05, 0.1) is 17.3 Å².